The molecule has 0 bridgehead atoms. The van der Waals surface area contributed by atoms with Crippen LogP contribution in [0.1, 0.15) is 110 Å². The Hall–Kier alpha value is -0.210. The highest BCUT2D eigenvalue weighted by Crippen LogP contribution is 2.43. The van der Waals surface area contributed by atoms with E-state index < -0.39 is 44.8 Å². The van der Waals surface area contributed by atoms with Crippen LogP contribution in [0.15, 0.2) is 0 Å². The average Bonchev–Trinajstić information content (AvgIpc) is 2.95. The quantitative estimate of drug-likeness (QED) is 0.0464. The minimum absolute atomic E-state index is 0.00105. The number of aliphatic hydroxyl groups is 3. The van der Waals surface area contributed by atoms with Gasteiger partial charge in [-0.3, -0.25) is 9.05 Å². The number of nitrogens with two attached hydrogens (primary N) is 1. The molecule has 6 N–H and O–H groups in total. The van der Waals surface area contributed by atoms with Gasteiger partial charge in [-0.25, -0.2) is 4.57 Å². The predicted octanol–water partition coefficient (Wildman–Crippen LogP) is 4.21. The van der Waals surface area contributed by atoms with E-state index in [9.17, 15) is 24.8 Å². The van der Waals surface area contributed by atoms with Crippen molar-refractivity contribution in [1.29, 1.82) is 0 Å². The molecule has 1 aliphatic rings. The first-order valence-electron chi connectivity index (χ1n) is 17.0. The van der Waals surface area contributed by atoms with Crippen LogP contribution < -0.4 is 5.73 Å². The van der Waals surface area contributed by atoms with Crippen LogP contribution in [0.2, 0.25) is 0 Å². The highest BCUT2D eigenvalue weighted by Gasteiger charge is 2.43. The SMILES string of the molecule is CCCCCCCCCCCCCCCCCCOC[C@H](COP(=O)(O)OCC[N+](C)(C)C)OC1OC(O)C(O)C(O)C1N. The molecule has 1 heterocycles. The van der Waals surface area contributed by atoms with E-state index in [1.807, 2.05) is 21.1 Å². The lowest BCUT2D eigenvalue weighted by atomic mass is 10.0. The van der Waals surface area contributed by atoms with Gasteiger partial charge in [0.25, 0.3) is 0 Å². The molecular formula is C31H66N2O10P+. The van der Waals surface area contributed by atoms with Crippen molar-refractivity contribution in [2.75, 3.05) is 54.1 Å². The third-order valence-electron chi connectivity index (χ3n) is 7.84. The number of hydrogen-bond donors (Lipinski definition) is 5. The number of likely N-dealkylation sites (N-methyl/N-ethyl adjacent to an activating group) is 1. The molecule has 0 radical (unpaired) electrons. The molecule has 0 aromatic rings. The van der Waals surface area contributed by atoms with Gasteiger partial charge >= 0.3 is 7.82 Å². The van der Waals surface area contributed by atoms with Crippen molar-refractivity contribution in [2.45, 2.75) is 147 Å². The lowest BCUT2D eigenvalue weighted by molar-refractivity contribution is -0.870. The van der Waals surface area contributed by atoms with Gasteiger partial charge in [0.2, 0.25) is 0 Å². The fourth-order valence-electron chi connectivity index (χ4n) is 4.92. The van der Waals surface area contributed by atoms with E-state index in [2.05, 4.69) is 6.92 Å². The molecule has 6 unspecified atom stereocenters. The molecule has 1 saturated heterocycles. The Bertz CT molecular complexity index is 745. The van der Waals surface area contributed by atoms with Crippen LogP contribution in [-0.4, -0.2) is 116 Å². The first kappa shape index (κ1) is 41.8. The van der Waals surface area contributed by atoms with Gasteiger partial charge in [-0.1, -0.05) is 103 Å². The van der Waals surface area contributed by atoms with E-state index in [1.165, 1.54) is 83.5 Å². The summed E-state index contributed by atoms with van der Waals surface area (Å²) in [6, 6.07) is -1.17. The minimum atomic E-state index is -4.37. The van der Waals surface area contributed by atoms with Crippen LogP contribution in [0, 0.1) is 0 Å². The summed E-state index contributed by atoms with van der Waals surface area (Å²) in [4.78, 5) is 10.1. The molecule has 0 saturated carbocycles. The molecule has 44 heavy (non-hydrogen) atoms. The van der Waals surface area contributed by atoms with Crippen molar-refractivity contribution in [3.63, 3.8) is 0 Å². The van der Waals surface area contributed by atoms with Crippen LogP contribution in [-0.2, 0) is 27.8 Å². The summed E-state index contributed by atoms with van der Waals surface area (Å²) in [6.45, 7) is 2.87. The number of unbranched alkanes of at least 4 members (excludes halogenated alkanes) is 15. The van der Waals surface area contributed by atoms with Gasteiger partial charge in [0, 0.05) is 6.61 Å². The van der Waals surface area contributed by atoms with Crippen molar-refractivity contribution in [3.05, 3.63) is 0 Å². The van der Waals surface area contributed by atoms with Crippen LogP contribution in [0.4, 0.5) is 0 Å². The number of phosphoric ester groups is 1. The summed E-state index contributed by atoms with van der Waals surface area (Å²) in [6.07, 6.45) is 13.5. The van der Waals surface area contributed by atoms with E-state index >= 15 is 0 Å². The molecule has 0 amide bonds. The highest BCUT2D eigenvalue weighted by atomic mass is 31.2. The molecule has 13 heteroatoms. The summed E-state index contributed by atoms with van der Waals surface area (Å²) >= 11 is 0. The van der Waals surface area contributed by atoms with Crippen molar-refractivity contribution in [3.8, 4) is 0 Å². The largest absolute Gasteiger partial charge is 0.472 e. The number of ether oxygens (including phenoxy) is 3. The first-order valence-corrected chi connectivity index (χ1v) is 18.5. The molecule has 7 atom stereocenters. The second-order valence-corrected chi connectivity index (χ2v) is 14.7. The van der Waals surface area contributed by atoms with Gasteiger partial charge < -0.3 is 44.6 Å². The number of phosphoric acid groups is 1. The van der Waals surface area contributed by atoms with Gasteiger partial charge in [-0.15, -0.1) is 0 Å². The van der Waals surface area contributed by atoms with Crippen LogP contribution in [0.5, 0.6) is 0 Å². The predicted molar refractivity (Wildman–Crippen MR) is 171 cm³/mol. The normalized spacial score (nSPS) is 24.8. The second kappa shape index (κ2) is 24.0. The van der Waals surface area contributed by atoms with Crippen molar-refractivity contribution >= 4 is 7.82 Å². The number of hydrogen-bond acceptors (Lipinski definition) is 10. The average molecular weight is 658 g/mol. The smallest absolute Gasteiger partial charge is 0.388 e. The summed E-state index contributed by atoms with van der Waals surface area (Å²) < 4.78 is 39.9. The number of aliphatic hydroxyl groups excluding tert-OH is 3. The van der Waals surface area contributed by atoms with Gasteiger partial charge in [0.05, 0.1) is 40.4 Å². The Morgan fingerprint density at radius 2 is 1.25 bits per heavy atom. The Kier molecular flexibility index (Phi) is 22.8. The van der Waals surface area contributed by atoms with Crippen LogP contribution in [0.3, 0.4) is 0 Å². The zero-order chi connectivity index (χ0) is 32.8. The van der Waals surface area contributed by atoms with Crippen molar-refractivity contribution in [1.82, 2.24) is 0 Å². The van der Waals surface area contributed by atoms with Gasteiger partial charge in [0.1, 0.15) is 31.5 Å². The summed E-state index contributed by atoms with van der Waals surface area (Å²) in [5.74, 6) is 0. The van der Waals surface area contributed by atoms with Crippen LogP contribution in [0.25, 0.3) is 0 Å². The summed E-state index contributed by atoms with van der Waals surface area (Å²) in [5.41, 5.74) is 5.93. The van der Waals surface area contributed by atoms with Gasteiger partial charge in [-0.2, -0.15) is 0 Å². The zero-order valence-electron chi connectivity index (χ0n) is 28.0. The van der Waals surface area contributed by atoms with Crippen molar-refractivity contribution < 1.29 is 52.5 Å². The minimum Gasteiger partial charge on any atom is -0.388 e. The number of nitrogens with zero attached hydrogens (tertiary/aromatic N) is 1. The van der Waals surface area contributed by atoms with E-state index in [0.717, 1.165) is 19.3 Å². The standard InChI is InChI=1S/C31H65N2O10P/c1-5-6-7-8-9-10-11-12-13-14-15-16-17-18-19-20-22-39-24-26(25-41-44(37,38)40-23-21-33(2,3)4)42-31-27(32)28(34)29(35)30(36)43-31/h26-31,34-36H,5-25,32H2,1-4H3/p+1/t26-,27?,28?,29?,30?,31?/m1/s1. The second-order valence-electron chi connectivity index (χ2n) is 13.2. The zero-order valence-corrected chi connectivity index (χ0v) is 28.9. The Labute approximate surface area is 266 Å². The Balaban J connectivity index is 2.29. The maximum absolute atomic E-state index is 12.4. The highest BCUT2D eigenvalue weighted by molar-refractivity contribution is 7.47. The first-order chi connectivity index (χ1) is 20.9. The fraction of sp³-hybridized carbons (Fsp3) is 1.00. The van der Waals surface area contributed by atoms with E-state index in [1.54, 1.807) is 0 Å². The van der Waals surface area contributed by atoms with Gasteiger partial charge in [0.15, 0.2) is 12.6 Å². The molecule has 0 aromatic carbocycles. The maximum atomic E-state index is 12.4. The monoisotopic (exact) mass is 657 g/mol. The van der Waals surface area contributed by atoms with Crippen molar-refractivity contribution in [2.24, 2.45) is 5.73 Å². The maximum Gasteiger partial charge on any atom is 0.472 e. The third-order valence-corrected chi connectivity index (χ3v) is 8.82. The number of quaternary nitrogens is 1. The molecule has 0 aromatic heterocycles. The van der Waals surface area contributed by atoms with Crippen LogP contribution >= 0.6 is 7.82 Å². The fourth-order valence-corrected chi connectivity index (χ4v) is 5.66. The lowest BCUT2D eigenvalue weighted by Gasteiger charge is -2.40. The molecule has 1 fully saturated rings. The van der Waals surface area contributed by atoms with E-state index in [-0.39, 0.29) is 19.8 Å². The topological polar surface area (TPSA) is 170 Å². The molecular weight excluding hydrogens is 591 g/mol. The van der Waals surface area contributed by atoms with E-state index in [0.29, 0.717) is 17.6 Å². The molecule has 0 aliphatic carbocycles. The summed E-state index contributed by atoms with van der Waals surface area (Å²) in [5, 5.41) is 29.8. The Morgan fingerprint density at radius 3 is 1.75 bits per heavy atom. The Morgan fingerprint density at radius 1 is 0.750 bits per heavy atom. The molecule has 12 nitrogen and oxygen atoms in total. The summed E-state index contributed by atoms with van der Waals surface area (Å²) in [7, 11) is 1.42. The molecule has 1 aliphatic heterocycles. The third kappa shape index (κ3) is 20.8. The molecule has 264 valence electrons. The van der Waals surface area contributed by atoms with Gasteiger partial charge in [-0.05, 0) is 6.42 Å². The lowest BCUT2D eigenvalue weighted by Crippen LogP contribution is -2.62. The number of rotatable bonds is 28. The molecule has 1 rings (SSSR count). The van der Waals surface area contributed by atoms with E-state index in [4.69, 9.17) is 29.0 Å². The molecule has 0 spiro atoms.